The van der Waals surface area contributed by atoms with Crippen LogP contribution in [0.4, 0.5) is 0 Å². The molecule has 1 heteroatoms. The molecule has 0 N–H and O–H groups in total. The van der Waals surface area contributed by atoms with E-state index < -0.39 is 0 Å². The molecule has 0 aliphatic heterocycles. The summed E-state index contributed by atoms with van der Waals surface area (Å²) in [5, 5.41) is 0. The maximum absolute atomic E-state index is 3.72. The molecule has 0 spiro atoms. The van der Waals surface area contributed by atoms with E-state index in [2.05, 4.69) is 67.5 Å². The fourth-order valence-corrected chi connectivity index (χ4v) is 2.96. The maximum Gasteiger partial charge on any atom is 4.00 e. The quantitative estimate of drug-likeness (QED) is 0.282. The van der Waals surface area contributed by atoms with E-state index in [1.807, 2.05) is 60.7 Å². The van der Waals surface area contributed by atoms with Crippen molar-refractivity contribution >= 4 is 0 Å². The van der Waals surface area contributed by atoms with Gasteiger partial charge in [-0.05, 0) is 0 Å². The first-order valence-electron chi connectivity index (χ1n) is 10.4. The van der Waals surface area contributed by atoms with Crippen LogP contribution in [0.2, 0.25) is 0 Å². The maximum atomic E-state index is 3.72. The molecule has 0 radical (unpaired) electrons. The van der Waals surface area contributed by atoms with Crippen molar-refractivity contribution in [3.63, 3.8) is 0 Å². The minimum absolute atomic E-state index is 0. The van der Waals surface area contributed by atoms with Gasteiger partial charge in [-0.15, -0.1) is 38.1 Å². The first-order valence-corrected chi connectivity index (χ1v) is 10.4. The largest absolute Gasteiger partial charge is 4.00 e. The van der Waals surface area contributed by atoms with Gasteiger partial charge in [0.05, 0.1) is 0 Å². The summed E-state index contributed by atoms with van der Waals surface area (Å²) in [6.45, 7) is 20.3. The zero-order chi connectivity index (χ0) is 22.5. The van der Waals surface area contributed by atoms with Crippen molar-refractivity contribution in [2.75, 3.05) is 0 Å². The zero-order valence-electron chi connectivity index (χ0n) is 20.1. The van der Waals surface area contributed by atoms with Gasteiger partial charge >= 0.3 is 21.7 Å². The SMILES string of the molecule is CC1=[C-]C(C)=C(C)C1.CC1=[C-]C(C)=C(C)C1.[CH2-]c1ccccc1.[CH2-]c1ccccc1.[Ti+4]. The molecule has 2 aliphatic carbocycles. The third-order valence-corrected chi connectivity index (χ3v) is 4.83. The molecule has 0 saturated carbocycles. The van der Waals surface area contributed by atoms with Gasteiger partial charge in [-0.2, -0.15) is 60.4 Å². The van der Waals surface area contributed by atoms with Crippen LogP contribution in [0.25, 0.3) is 0 Å². The van der Waals surface area contributed by atoms with E-state index in [0.717, 1.165) is 24.0 Å². The van der Waals surface area contributed by atoms with Gasteiger partial charge in [-0.3, -0.25) is 0 Å². The van der Waals surface area contributed by atoms with E-state index in [4.69, 9.17) is 0 Å². The summed E-state index contributed by atoms with van der Waals surface area (Å²) < 4.78 is 0. The summed E-state index contributed by atoms with van der Waals surface area (Å²) in [6.07, 6.45) is 8.81. The van der Waals surface area contributed by atoms with Crippen LogP contribution in [0.15, 0.2) is 94.1 Å². The van der Waals surface area contributed by atoms with E-state index in [-0.39, 0.29) is 21.7 Å². The Balaban J connectivity index is 0.000000384. The molecule has 0 saturated heterocycles. The minimum Gasteiger partial charge on any atom is -0.250 e. The van der Waals surface area contributed by atoms with E-state index in [1.165, 1.54) is 33.4 Å². The van der Waals surface area contributed by atoms with E-state index in [0.29, 0.717) is 0 Å². The molecular formula is C30H36Ti. The molecule has 0 fully saturated rings. The van der Waals surface area contributed by atoms with Gasteiger partial charge < -0.3 is 0 Å². The molecule has 0 amide bonds. The van der Waals surface area contributed by atoms with Gasteiger partial charge in [0, 0.05) is 0 Å². The van der Waals surface area contributed by atoms with Crippen LogP contribution in [0.1, 0.15) is 65.5 Å². The Kier molecular flexibility index (Phi) is 14.5. The normalized spacial score (nSPS) is 14.0. The van der Waals surface area contributed by atoms with Crippen LogP contribution in [0.5, 0.6) is 0 Å². The molecular weight excluding hydrogens is 408 g/mol. The molecule has 0 nitrogen and oxygen atoms in total. The Morgan fingerprint density at radius 2 is 0.839 bits per heavy atom. The molecule has 160 valence electrons. The zero-order valence-corrected chi connectivity index (χ0v) is 21.7. The van der Waals surface area contributed by atoms with Gasteiger partial charge in [0.15, 0.2) is 0 Å². The summed E-state index contributed by atoms with van der Waals surface area (Å²) in [4.78, 5) is 0. The average Bonchev–Trinajstić information content (AvgIpc) is 3.15. The Hall–Kier alpha value is -2.15. The van der Waals surface area contributed by atoms with Gasteiger partial charge in [0.2, 0.25) is 0 Å². The summed E-state index contributed by atoms with van der Waals surface area (Å²) >= 11 is 0. The molecule has 4 rings (SSSR count). The average molecular weight is 444 g/mol. The van der Waals surface area contributed by atoms with Crippen LogP contribution in [0, 0.1) is 26.0 Å². The number of allylic oxidation sites excluding steroid dienone is 8. The van der Waals surface area contributed by atoms with Crippen LogP contribution < -0.4 is 0 Å². The van der Waals surface area contributed by atoms with E-state index in [1.54, 1.807) is 0 Å². The van der Waals surface area contributed by atoms with Crippen molar-refractivity contribution in [3.8, 4) is 0 Å². The molecule has 0 unspecified atom stereocenters. The third-order valence-electron chi connectivity index (χ3n) is 4.83. The summed E-state index contributed by atoms with van der Waals surface area (Å²) in [6, 6.07) is 19.7. The Bertz CT molecular complexity index is 816. The summed E-state index contributed by atoms with van der Waals surface area (Å²) in [5.41, 5.74) is 10.5. The molecule has 0 bridgehead atoms. The summed E-state index contributed by atoms with van der Waals surface area (Å²) in [7, 11) is 0. The second kappa shape index (κ2) is 15.6. The van der Waals surface area contributed by atoms with Crippen molar-refractivity contribution in [3.05, 3.63) is 131 Å². The van der Waals surface area contributed by atoms with E-state index >= 15 is 0 Å². The van der Waals surface area contributed by atoms with Gasteiger partial charge in [0.1, 0.15) is 0 Å². The van der Waals surface area contributed by atoms with Gasteiger partial charge in [0.25, 0.3) is 0 Å². The number of hydrogen-bond acceptors (Lipinski definition) is 0. The fourth-order valence-electron chi connectivity index (χ4n) is 2.96. The third kappa shape index (κ3) is 13.0. The molecule has 0 aromatic heterocycles. The molecule has 31 heavy (non-hydrogen) atoms. The van der Waals surface area contributed by atoms with Crippen LogP contribution in [0.3, 0.4) is 0 Å². The van der Waals surface area contributed by atoms with Crippen LogP contribution in [-0.2, 0) is 21.7 Å². The van der Waals surface area contributed by atoms with Crippen LogP contribution >= 0.6 is 0 Å². The van der Waals surface area contributed by atoms with Crippen molar-refractivity contribution in [1.82, 2.24) is 0 Å². The first-order chi connectivity index (χ1) is 14.2. The second-order valence-corrected chi connectivity index (χ2v) is 7.95. The second-order valence-electron chi connectivity index (χ2n) is 7.95. The minimum atomic E-state index is 0. The number of benzene rings is 2. The topological polar surface area (TPSA) is 0 Å². The number of rotatable bonds is 0. The van der Waals surface area contributed by atoms with Crippen molar-refractivity contribution in [2.45, 2.75) is 54.4 Å². The number of hydrogen-bond donors (Lipinski definition) is 0. The van der Waals surface area contributed by atoms with Crippen molar-refractivity contribution in [2.24, 2.45) is 0 Å². The molecule has 0 heterocycles. The monoisotopic (exact) mass is 444 g/mol. The standard InChI is InChI=1S/2C8H11.2C7H7.Ti/c2*1-6-4-7(2)8(3)5-6;2*1-7-5-3-2-4-6-7;/h2*4H2,1-3H3;2*2-6H,1H2;/q4*-1;+4. The Morgan fingerprint density at radius 3 is 0.935 bits per heavy atom. The van der Waals surface area contributed by atoms with Crippen molar-refractivity contribution < 1.29 is 21.7 Å². The molecule has 0 atom stereocenters. The smallest absolute Gasteiger partial charge is 0.250 e. The molecule has 2 aromatic carbocycles. The predicted molar refractivity (Wildman–Crippen MR) is 133 cm³/mol. The fraction of sp³-hybridized carbons (Fsp3) is 0.267. The molecule has 2 aliphatic rings. The molecule has 2 aromatic rings. The van der Waals surface area contributed by atoms with Crippen LogP contribution in [-0.4, -0.2) is 0 Å². The van der Waals surface area contributed by atoms with Crippen molar-refractivity contribution in [1.29, 1.82) is 0 Å². The summed E-state index contributed by atoms with van der Waals surface area (Å²) in [5.74, 6) is 0. The Morgan fingerprint density at radius 1 is 0.548 bits per heavy atom. The Labute approximate surface area is 206 Å². The predicted octanol–water partition coefficient (Wildman–Crippen LogP) is 8.69. The first kappa shape index (κ1) is 28.9. The van der Waals surface area contributed by atoms with E-state index in [9.17, 15) is 0 Å². The van der Waals surface area contributed by atoms with Gasteiger partial charge in [-0.1, -0.05) is 52.7 Å². The van der Waals surface area contributed by atoms with Gasteiger partial charge in [-0.25, -0.2) is 34.4 Å².